The largest absolute Gasteiger partial charge is 0.294 e. The molecule has 0 spiro atoms. The molecule has 0 radical (unpaired) electrons. The Morgan fingerprint density at radius 2 is 1.53 bits per heavy atom. The monoisotopic (exact) mass is 257 g/mol. The van der Waals surface area contributed by atoms with Crippen LogP contribution in [0.25, 0.3) is 0 Å². The maximum Gasteiger partial charge on any atom is 0.0745 e. The Morgan fingerprint density at radius 1 is 0.941 bits per heavy atom. The summed E-state index contributed by atoms with van der Waals surface area (Å²) in [5.41, 5.74) is 0.339. The number of hydrogen-bond donors (Lipinski definition) is 0. The van der Waals surface area contributed by atoms with Crippen molar-refractivity contribution in [1.29, 1.82) is 0 Å². The first-order valence-electron chi connectivity index (χ1n) is 7.05. The van der Waals surface area contributed by atoms with E-state index in [1.165, 1.54) is 32.4 Å². The summed E-state index contributed by atoms with van der Waals surface area (Å²) in [6, 6.07) is 1.67. The molecule has 0 saturated carbocycles. The number of fused-ring (bicyclic) bond motifs is 4. The Morgan fingerprint density at radius 3 is 2.06 bits per heavy atom. The van der Waals surface area contributed by atoms with Gasteiger partial charge >= 0.3 is 0 Å². The molecule has 2 atom stereocenters. The Kier molecular flexibility index (Phi) is 3.62. The summed E-state index contributed by atoms with van der Waals surface area (Å²) in [7, 11) is -0.833. The molecule has 17 heavy (non-hydrogen) atoms. The summed E-state index contributed by atoms with van der Waals surface area (Å²) in [5.74, 6) is 0. The van der Waals surface area contributed by atoms with Gasteiger partial charge in [0.25, 0.3) is 0 Å². The molecule has 0 aromatic heterocycles. The summed E-state index contributed by atoms with van der Waals surface area (Å²) in [5, 5.41) is 0. The Labute approximate surface area is 108 Å². The summed E-state index contributed by atoms with van der Waals surface area (Å²) in [6.45, 7) is 17.2. The molecule has 2 unspecified atom stereocenters. The van der Waals surface area contributed by atoms with Gasteiger partial charge in [0, 0.05) is 30.7 Å². The SMILES string of the molecule is CC(C)(C)N1CCC2CCC1CN2[P+](C)(C)C. The summed E-state index contributed by atoms with van der Waals surface area (Å²) in [6.07, 6.45) is 4.22. The minimum absolute atomic E-state index is 0.339. The van der Waals surface area contributed by atoms with E-state index in [1.54, 1.807) is 0 Å². The predicted octanol–water partition coefficient (Wildman–Crippen LogP) is 3.15. The van der Waals surface area contributed by atoms with Crippen LogP contribution in [-0.2, 0) is 0 Å². The van der Waals surface area contributed by atoms with Crippen LogP contribution in [0.1, 0.15) is 40.0 Å². The molecule has 3 fully saturated rings. The molecule has 3 aliphatic heterocycles. The summed E-state index contributed by atoms with van der Waals surface area (Å²) < 4.78 is 2.87. The molecule has 0 aliphatic carbocycles. The molecule has 0 N–H and O–H groups in total. The smallest absolute Gasteiger partial charge is 0.0745 e. The van der Waals surface area contributed by atoms with Crippen molar-refractivity contribution >= 4 is 7.41 Å². The molecule has 0 aromatic carbocycles. The van der Waals surface area contributed by atoms with Crippen molar-refractivity contribution < 1.29 is 0 Å². The van der Waals surface area contributed by atoms with Gasteiger partial charge in [-0.3, -0.25) is 4.90 Å². The van der Waals surface area contributed by atoms with Crippen molar-refractivity contribution in [3.05, 3.63) is 0 Å². The highest BCUT2D eigenvalue weighted by atomic mass is 31.2. The molecule has 0 aromatic rings. The van der Waals surface area contributed by atoms with Gasteiger partial charge in [0.1, 0.15) is 0 Å². The van der Waals surface area contributed by atoms with E-state index in [-0.39, 0.29) is 0 Å². The average molecular weight is 257 g/mol. The summed E-state index contributed by atoms with van der Waals surface area (Å²) in [4.78, 5) is 2.77. The van der Waals surface area contributed by atoms with E-state index in [2.05, 4.69) is 50.3 Å². The Hall–Kier alpha value is 0.350. The lowest BCUT2D eigenvalue weighted by atomic mass is 9.98. The lowest BCUT2D eigenvalue weighted by Crippen LogP contribution is -2.52. The van der Waals surface area contributed by atoms with Crippen molar-refractivity contribution in [2.24, 2.45) is 0 Å². The number of hydrogen-bond acceptors (Lipinski definition) is 2. The van der Waals surface area contributed by atoms with Gasteiger partial charge in [0.15, 0.2) is 0 Å². The molecule has 3 heteroatoms. The Bertz CT molecular complexity index is 265. The second kappa shape index (κ2) is 4.47. The van der Waals surface area contributed by atoms with Crippen molar-refractivity contribution in [2.75, 3.05) is 33.1 Å². The molecule has 100 valence electrons. The van der Waals surface area contributed by atoms with Gasteiger partial charge in [0.05, 0.1) is 27.4 Å². The highest BCUT2D eigenvalue weighted by molar-refractivity contribution is 7.71. The molecule has 2 nitrogen and oxygen atoms in total. The zero-order valence-electron chi connectivity index (χ0n) is 12.5. The highest BCUT2D eigenvalue weighted by Gasteiger charge is 2.45. The van der Waals surface area contributed by atoms with Crippen LogP contribution >= 0.6 is 7.41 Å². The van der Waals surface area contributed by atoms with Crippen LogP contribution in [0.15, 0.2) is 0 Å². The molecular weight excluding hydrogens is 227 g/mol. The first-order chi connectivity index (χ1) is 7.69. The van der Waals surface area contributed by atoms with Crippen LogP contribution in [0.5, 0.6) is 0 Å². The van der Waals surface area contributed by atoms with Gasteiger partial charge in [-0.05, 0) is 40.0 Å². The van der Waals surface area contributed by atoms with Gasteiger partial charge in [0.2, 0.25) is 0 Å². The van der Waals surface area contributed by atoms with Gasteiger partial charge in [-0.1, -0.05) is 0 Å². The lowest BCUT2D eigenvalue weighted by molar-refractivity contribution is 0.0758. The third kappa shape index (κ3) is 2.85. The fraction of sp³-hybridized carbons (Fsp3) is 1.00. The lowest BCUT2D eigenvalue weighted by Gasteiger charge is -2.44. The van der Waals surface area contributed by atoms with E-state index in [0.717, 1.165) is 12.1 Å². The maximum atomic E-state index is 2.87. The van der Waals surface area contributed by atoms with Gasteiger partial charge in [-0.2, -0.15) is 4.67 Å². The van der Waals surface area contributed by atoms with Crippen molar-refractivity contribution in [1.82, 2.24) is 9.57 Å². The molecule has 3 aliphatic rings. The maximum absolute atomic E-state index is 2.87. The second-order valence-corrected chi connectivity index (χ2v) is 12.0. The normalized spacial score (nSPS) is 32.8. The van der Waals surface area contributed by atoms with Crippen LogP contribution < -0.4 is 0 Å². The summed E-state index contributed by atoms with van der Waals surface area (Å²) >= 11 is 0. The van der Waals surface area contributed by atoms with Crippen molar-refractivity contribution in [3.8, 4) is 0 Å². The first-order valence-corrected chi connectivity index (χ1v) is 10.1. The van der Waals surface area contributed by atoms with E-state index in [0.29, 0.717) is 5.54 Å². The Balaban J connectivity index is 2.19. The minimum atomic E-state index is -0.833. The van der Waals surface area contributed by atoms with E-state index in [4.69, 9.17) is 0 Å². The van der Waals surface area contributed by atoms with Crippen LogP contribution in [0, 0.1) is 0 Å². The number of rotatable bonds is 1. The zero-order chi connectivity index (χ0) is 12.8. The van der Waals surface area contributed by atoms with Gasteiger partial charge in [-0.15, -0.1) is 0 Å². The van der Waals surface area contributed by atoms with E-state index < -0.39 is 7.41 Å². The second-order valence-electron chi connectivity index (χ2n) is 7.60. The molecule has 2 bridgehead atoms. The number of piperidine rings is 1. The minimum Gasteiger partial charge on any atom is -0.294 e. The van der Waals surface area contributed by atoms with E-state index in [1.807, 2.05) is 0 Å². The molecule has 3 heterocycles. The zero-order valence-corrected chi connectivity index (χ0v) is 13.4. The van der Waals surface area contributed by atoms with Crippen LogP contribution in [0.3, 0.4) is 0 Å². The van der Waals surface area contributed by atoms with Gasteiger partial charge in [-0.25, -0.2) is 0 Å². The van der Waals surface area contributed by atoms with E-state index in [9.17, 15) is 0 Å². The molecule has 0 amide bonds. The topological polar surface area (TPSA) is 6.48 Å². The van der Waals surface area contributed by atoms with Crippen LogP contribution in [-0.4, -0.2) is 60.3 Å². The van der Waals surface area contributed by atoms with Crippen LogP contribution in [0.2, 0.25) is 0 Å². The quantitative estimate of drug-likeness (QED) is 0.666. The molecule has 3 saturated heterocycles. The fourth-order valence-corrected chi connectivity index (χ4v) is 5.52. The molecular formula is C14H30N2P+. The average Bonchev–Trinajstić information content (AvgIpc) is 2.45. The first kappa shape index (κ1) is 13.8. The van der Waals surface area contributed by atoms with Crippen LogP contribution in [0.4, 0.5) is 0 Å². The highest BCUT2D eigenvalue weighted by Crippen LogP contribution is 2.55. The van der Waals surface area contributed by atoms with Crippen molar-refractivity contribution in [2.45, 2.75) is 57.7 Å². The predicted molar refractivity (Wildman–Crippen MR) is 79.3 cm³/mol. The number of nitrogens with zero attached hydrogens (tertiary/aromatic N) is 2. The van der Waals surface area contributed by atoms with E-state index >= 15 is 0 Å². The van der Waals surface area contributed by atoms with Gasteiger partial charge < -0.3 is 0 Å². The standard InChI is InChI=1S/C14H30N2P/c1-14(2,3)15-10-9-12-7-8-13(15)11-16(12)17(4,5)6/h12-13H,7-11H2,1-6H3/q+1. The molecule has 3 rings (SSSR count). The fourth-order valence-electron chi connectivity index (χ4n) is 3.63. The third-order valence-corrected chi connectivity index (χ3v) is 6.46. The van der Waals surface area contributed by atoms with Crippen molar-refractivity contribution in [3.63, 3.8) is 0 Å². The third-order valence-electron chi connectivity index (χ3n) is 4.43.